The van der Waals surface area contributed by atoms with Gasteiger partial charge in [0, 0.05) is 17.6 Å². The number of methoxy groups -OCH3 is 1. The number of carbonyl (C=O) groups is 2. The van der Waals surface area contributed by atoms with Gasteiger partial charge in [0.1, 0.15) is 10.6 Å². The summed E-state index contributed by atoms with van der Waals surface area (Å²) in [6.45, 7) is 3.07. The second kappa shape index (κ2) is 8.71. The molecule has 1 aliphatic rings. The van der Waals surface area contributed by atoms with Crippen LogP contribution in [0.15, 0.2) is 23.1 Å². The highest BCUT2D eigenvalue weighted by molar-refractivity contribution is 7.89. The normalized spacial score (nSPS) is 17.3. The van der Waals surface area contributed by atoms with Crippen molar-refractivity contribution < 1.29 is 27.9 Å². The molecule has 27 heavy (non-hydrogen) atoms. The first-order valence-electron chi connectivity index (χ1n) is 8.89. The van der Waals surface area contributed by atoms with Gasteiger partial charge in [-0.2, -0.15) is 0 Å². The van der Waals surface area contributed by atoms with Gasteiger partial charge in [-0.1, -0.05) is 12.8 Å². The standard InChI is InChI=1S/C18H26N2O6S/c1-11(18(22)23)12(2)19-17(21)13-8-9-15(26-3)16(10-13)27(24,25)20-14-6-4-5-7-14/h8-12,14,20H,4-7H2,1-3H3,(H,19,21)(H,22,23). The van der Waals surface area contributed by atoms with Gasteiger partial charge >= 0.3 is 5.97 Å². The van der Waals surface area contributed by atoms with Gasteiger partial charge in [0.25, 0.3) is 5.91 Å². The van der Waals surface area contributed by atoms with E-state index in [1.54, 1.807) is 6.92 Å². The molecule has 0 heterocycles. The van der Waals surface area contributed by atoms with Crippen molar-refractivity contribution in [3.8, 4) is 5.75 Å². The van der Waals surface area contributed by atoms with E-state index in [9.17, 15) is 18.0 Å². The average Bonchev–Trinajstić information content (AvgIpc) is 3.12. The van der Waals surface area contributed by atoms with Crippen LogP contribution in [0.3, 0.4) is 0 Å². The molecule has 0 spiro atoms. The van der Waals surface area contributed by atoms with Gasteiger partial charge in [-0.3, -0.25) is 9.59 Å². The van der Waals surface area contributed by atoms with Crippen molar-refractivity contribution in [2.45, 2.75) is 56.5 Å². The molecule has 1 aromatic carbocycles. The Morgan fingerprint density at radius 1 is 1.22 bits per heavy atom. The van der Waals surface area contributed by atoms with Crippen molar-refractivity contribution in [3.63, 3.8) is 0 Å². The third-order valence-corrected chi connectivity index (χ3v) is 6.43. The molecule has 0 aliphatic heterocycles. The van der Waals surface area contributed by atoms with E-state index in [-0.39, 0.29) is 22.3 Å². The summed E-state index contributed by atoms with van der Waals surface area (Å²) in [5, 5.41) is 11.6. The molecule has 2 atom stereocenters. The molecule has 0 radical (unpaired) electrons. The van der Waals surface area contributed by atoms with Crippen molar-refractivity contribution in [2.24, 2.45) is 5.92 Å². The van der Waals surface area contributed by atoms with Crippen LogP contribution in [0.4, 0.5) is 0 Å². The van der Waals surface area contributed by atoms with Crippen LogP contribution in [0.5, 0.6) is 5.75 Å². The van der Waals surface area contributed by atoms with Crippen LogP contribution in [0, 0.1) is 5.92 Å². The largest absolute Gasteiger partial charge is 0.495 e. The SMILES string of the molecule is COc1ccc(C(=O)NC(C)C(C)C(=O)O)cc1S(=O)(=O)NC1CCCC1. The number of nitrogens with one attached hydrogen (secondary N) is 2. The molecule has 8 nitrogen and oxygen atoms in total. The van der Waals surface area contributed by atoms with Gasteiger partial charge in [-0.15, -0.1) is 0 Å². The number of carbonyl (C=O) groups excluding carboxylic acids is 1. The van der Waals surface area contributed by atoms with E-state index in [0.29, 0.717) is 0 Å². The van der Waals surface area contributed by atoms with Crippen molar-refractivity contribution >= 4 is 21.9 Å². The summed E-state index contributed by atoms with van der Waals surface area (Å²) < 4.78 is 33.3. The second-order valence-electron chi connectivity index (χ2n) is 6.86. The fraction of sp³-hybridized carbons (Fsp3) is 0.556. The van der Waals surface area contributed by atoms with Gasteiger partial charge in [-0.05, 0) is 44.9 Å². The molecule has 1 amide bonds. The molecule has 1 saturated carbocycles. The molecule has 1 fully saturated rings. The monoisotopic (exact) mass is 398 g/mol. The number of hydrogen-bond donors (Lipinski definition) is 3. The highest BCUT2D eigenvalue weighted by Crippen LogP contribution is 2.27. The smallest absolute Gasteiger partial charge is 0.308 e. The Labute approximate surface area is 159 Å². The molecule has 0 aromatic heterocycles. The first-order chi connectivity index (χ1) is 12.7. The number of rotatable bonds is 8. The van der Waals surface area contributed by atoms with Crippen LogP contribution in [-0.4, -0.2) is 44.6 Å². The highest BCUT2D eigenvalue weighted by Gasteiger charge is 2.27. The third kappa shape index (κ3) is 5.20. The van der Waals surface area contributed by atoms with E-state index in [1.165, 1.54) is 32.2 Å². The number of aliphatic carboxylic acids is 1. The lowest BCUT2D eigenvalue weighted by molar-refractivity contribution is -0.141. The molecule has 2 unspecified atom stereocenters. The molecule has 1 aromatic rings. The first kappa shape index (κ1) is 21.2. The predicted molar refractivity (Wildman–Crippen MR) is 99.3 cm³/mol. The lowest BCUT2D eigenvalue weighted by Gasteiger charge is -2.19. The summed E-state index contributed by atoms with van der Waals surface area (Å²) in [5.74, 6) is -2.21. The van der Waals surface area contributed by atoms with E-state index in [0.717, 1.165) is 25.7 Å². The summed E-state index contributed by atoms with van der Waals surface area (Å²) >= 11 is 0. The zero-order chi connectivity index (χ0) is 20.2. The Hall–Kier alpha value is -2.13. The Kier molecular flexibility index (Phi) is 6.83. The van der Waals surface area contributed by atoms with Crippen LogP contribution >= 0.6 is 0 Å². The number of carboxylic acids is 1. The van der Waals surface area contributed by atoms with Crippen LogP contribution in [0.2, 0.25) is 0 Å². The predicted octanol–water partition coefficient (Wildman–Crippen LogP) is 1.76. The molecule has 9 heteroatoms. The van der Waals surface area contributed by atoms with Crippen LogP contribution in [0.1, 0.15) is 49.9 Å². The summed E-state index contributed by atoms with van der Waals surface area (Å²) in [4.78, 5) is 23.4. The minimum atomic E-state index is -3.85. The van der Waals surface area contributed by atoms with Gasteiger partial charge < -0.3 is 15.2 Å². The molecular weight excluding hydrogens is 372 g/mol. The number of amides is 1. The quantitative estimate of drug-likeness (QED) is 0.613. The lowest BCUT2D eigenvalue weighted by Crippen LogP contribution is -2.40. The van der Waals surface area contributed by atoms with Crippen LogP contribution in [0.25, 0.3) is 0 Å². The summed E-state index contributed by atoms with van der Waals surface area (Å²) in [6.07, 6.45) is 3.53. The highest BCUT2D eigenvalue weighted by atomic mass is 32.2. The zero-order valence-corrected chi connectivity index (χ0v) is 16.5. The number of hydrogen-bond acceptors (Lipinski definition) is 5. The summed E-state index contributed by atoms with van der Waals surface area (Å²) in [5.41, 5.74) is 0.118. The van der Waals surface area contributed by atoms with E-state index in [1.807, 2.05) is 0 Å². The van der Waals surface area contributed by atoms with E-state index in [2.05, 4.69) is 10.0 Å². The average molecular weight is 398 g/mol. The zero-order valence-electron chi connectivity index (χ0n) is 15.7. The van der Waals surface area contributed by atoms with E-state index >= 15 is 0 Å². The van der Waals surface area contributed by atoms with Gasteiger partial charge in [0.05, 0.1) is 13.0 Å². The van der Waals surface area contributed by atoms with Crippen molar-refractivity contribution in [1.29, 1.82) is 0 Å². The summed E-state index contributed by atoms with van der Waals surface area (Å²) in [7, 11) is -2.49. The maximum atomic E-state index is 12.8. The van der Waals surface area contributed by atoms with Crippen molar-refractivity contribution in [2.75, 3.05) is 7.11 Å². The summed E-state index contributed by atoms with van der Waals surface area (Å²) in [6, 6.07) is 3.39. The minimum Gasteiger partial charge on any atom is -0.495 e. The number of ether oxygens (including phenoxy) is 1. The lowest BCUT2D eigenvalue weighted by atomic mass is 10.0. The Bertz CT molecular complexity index is 802. The van der Waals surface area contributed by atoms with Gasteiger partial charge in [0.2, 0.25) is 10.0 Å². The van der Waals surface area contributed by atoms with E-state index < -0.39 is 33.9 Å². The van der Waals surface area contributed by atoms with Crippen LogP contribution < -0.4 is 14.8 Å². The number of sulfonamides is 1. The molecular formula is C18H26N2O6S. The fourth-order valence-electron chi connectivity index (χ4n) is 2.98. The molecule has 0 bridgehead atoms. The maximum absolute atomic E-state index is 12.8. The Balaban J connectivity index is 2.26. The van der Waals surface area contributed by atoms with Crippen LogP contribution in [-0.2, 0) is 14.8 Å². The first-order valence-corrected chi connectivity index (χ1v) is 10.4. The third-order valence-electron chi connectivity index (χ3n) is 4.89. The van der Waals surface area contributed by atoms with Gasteiger partial charge in [0.15, 0.2) is 0 Å². The van der Waals surface area contributed by atoms with Crippen molar-refractivity contribution in [1.82, 2.24) is 10.0 Å². The van der Waals surface area contributed by atoms with E-state index in [4.69, 9.17) is 9.84 Å². The number of carboxylic acid groups (broad SMARTS) is 1. The molecule has 1 aliphatic carbocycles. The Morgan fingerprint density at radius 2 is 1.85 bits per heavy atom. The molecule has 3 N–H and O–H groups in total. The molecule has 150 valence electrons. The fourth-order valence-corrected chi connectivity index (χ4v) is 4.48. The van der Waals surface area contributed by atoms with Gasteiger partial charge in [-0.25, -0.2) is 13.1 Å². The maximum Gasteiger partial charge on any atom is 0.308 e. The number of benzene rings is 1. The molecule has 2 rings (SSSR count). The Morgan fingerprint density at radius 3 is 2.41 bits per heavy atom. The minimum absolute atomic E-state index is 0.108. The molecule has 0 saturated heterocycles. The second-order valence-corrected chi connectivity index (χ2v) is 8.54. The van der Waals surface area contributed by atoms with Crippen molar-refractivity contribution in [3.05, 3.63) is 23.8 Å². The topological polar surface area (TPSA) is 122 Å².